The van der Waals surface area contributed by atoms with E-state index in [1.165, 1.54) is 5.92 Å². The Balaban J connectivity index is 2.08. The molecular formula is C5H7O2. The fourth-order valence-corrected chi connectivity index (χ4v) is 0.479. The van der Waals surface area contributed by atoms with E-state index in [4.69, 9.17) is 5.11 Å². The second-order valence-electron chi connectivity index (χ2n) is 1.82. The van der Waals surface area contributed by atoms with Crippen molar-refractivity contribution in [2.24, 2.45) is 0 Å². The molecule has 0 unspecified atom stereocenters. The smallest absolute Gasteiger partial charge is 0.303 e. The standard InChI is InChI=1S/C5H7O2/c6-5(7)3-4-1-2-4/h1-3H2,(H,6,7). The molecule has 0 saturated heterocycles. The SMILES string of the molecule is O=C(O)C[C]1CC1. The summed E-state index contributed by atoms with van der Waals surface area (Å²) in [4.78, 5) is 9.83. The normalized spacial score (nSPS) is 19.4. The quantitative estimate of drug-likeness (QED) is 0.556. The molecule has 0 aliphatic heterocycles. The summed E-state index contributed by atoms with van der Waals surface area (Å²) in [7, 11) is 0. The molecule has 1 fully saturated rings. The Morgan fingerprint density at radius 3 is 2.43 bits per heavy atom. The molecule has 1 N–H and O–H groups in total. The van der Waals surface area contributed by atoms with E-state index in [9.17, 15) is 4.79 Å². The first-order valence-corrected chi connectivity index (χ1v) is 2.34. The average Bonchev–Trinajstić information content (AvgIpc) is 2.17. The van der Waals surface area contributed by atoms with Crippen LogP contribution in [0.3, 0.4) is 0 Å². The van der Waals surface area contributed by atoms with Gasteiger partial charge in [0.1, 0.15) is 0 Å². The van der Waals surface area contributed by atoms with E-state index in [1.807, 2.05) is 0 Å². The molecule has 0 bridgehead atoms. The van der Waals surface area contributed by atoms with Gasteiger partial charge in [0.05, 0.1) is 6.42 Å². The molecule has 0 spiro atoms. The van der Waals surface area contributed by atoms with Gasteiger partial charge >= 0.3 is 5.97 Å². The summed E-state index contributed by atoms with van der Waals surface area (Å²) in [6, 6.07) is 0. The molecule has 1 rings (SSSR count). The van der Waals surface area contributed by atoms with Gasteiger partial charge in [-0.05, 0) is 18.8 Å². The molecule has 0 atom stereocenters. The molecule has 1 radical (unpaired) electrons. The van der Waals surface area contributed by atoms with Crippen molar-refractivity contribution in [2.45, 2.75) is 19.3 Å². The van der Waals surface area contributed by atoms with Gasteiger partial charge in [0, 0.05) is 0 Å². The Bertz CT molecular complexity index is 84.1. The summed E-state index contributed by atoms with van der Waals surface area (Å²) in [6.07, 6.45) is 2.40. The minimum absolute atomic E-state index is 0.306. The van der Waals surface area contributed by atoms with Gasteiger partial charge in [-0.2, -0.15) is 0 Å². The largest absolute Gasteiger partial charge is 0.481 e. The molecule has 0 aromatic carbocycles. The molecule has 1 aliphatic carbocycles. The van der Waals surface area contributed by atoms with Crippen LogP contribution in [0.15, 0.2) is 0 Å². The van der Waals surface area contributed by atoms with Crippen LogP contribution in [0, 0.1) is 5.92 Å². The first kappa shape index (κ1) is 4.62. The first-order valence-electron chi connectivity index (χ1n) is 2.34. The van der Waals surface area contributed by atoms with Crippen LogP contribution in [-0.4, -0.2) is 11.1 Å². The predicted molar refractivity (Wildman–Crippen MR) is 24.7 cm³/mol. The van der Waals surface area contributed by atoms with Crippen LogP contribution in [0.25, 0.3) is 0 Å². The van der Waals surface area contributed by atoms with Gasteiger partial charge in [-0.1, -0.05) is 0 Å². The van der Waals surface area contributed by atoms with E-state index in [0.29, 0.717) is 6.42 Å². The van der Waals surface area contributed by atoms with Crippen LogP contribution in [0.5, 0.6) is 0 Å². The van der Waals surface area contributed by atoms with Gasteiger partial charge < -0.3 is 5.11 Å². The summed E-state index contributed by atoms with van der Waals surface area (Å²) in [6.45, 7) is 0. The number of carboxylic acid groups (broad SMARTS) is 1. The lowest BCUT2D eigenvalue weighted by molar-refractivity contribution is -0.136. The van der Waals surface area contributed by atoms with E-state index in [2.05, 4.69) is 0 Å². The van der Waals surface area contributed by atoms with Crippen LogP contribution >= 0.6 is 0 Å². The molecule has 39 valence electrons. The Morgan fingerprint density at radius 1 is 1.71 bits per heavy atom. The van der Waals surface area contributed by atoms with Gasteiger partial charge in [-0.3, -0.25) is 4.79 Å². The third-order valence-electron chi connectivity index (χ3n) is 1.00. The highest BCUT2D eigenvalue weighted by Crippen LogP contribution is 2.34. The van der Waals surface area contributed by atoms with Gasteiger partial charge in [0.15, 0.2) is 0 Å². The van der Waals surface area contributed by atoms with E-state index >= 15 is 0 Å². The van der Waals surface area contributed by atoms with Gasteiger partial charge in [0.25, 0.3) is 0 Å². The number of carboxylic acids is 1. The molecule has 1 saturated carbocycles. The van der Waals surface area contributed by atoms with Crippen molar-refractivity contribution >= 4 is 5.97 Å². The van der Waals surface area contributed by atoms with Crippen molar-refractivity contribution in [3.05, 3.63) is 5.92 Å². The zero-order valence-corrected chi connectivity index (χ0v) is 3.98. The minimum atomic E-state index is -0.688. The molecular weight excluding hydrogens is 92.1 g/mol. The van der Waals surface area contributed by atoms with Gasteiger partial charge in [-0.15, -0.1) is 0 Å². The third kappa shape index (κ3) is 1.57. The predicted octanol–water partition coefficient (Wildman–Crippen LogP) is 0.829. The van der Waals surface area contributed by atoms with Crippen LogP contribution in [0.2, 0.25) is 0 Å². The highest BCUT2D eigenvalue weighted by Gasteiger charge is 2.24. The third-order valence-corrected chi connectivity index (χ3v) is 1.00. The lowest BCUT2D eigenvalue weighted by atomic mass is 10.3. The molecule has 1 aliphatic rings. The van der Waals surface area contributed by atoms with Gasteiger partial charge in [0.2, 0.25) is 0 Å². The molecule has 2 heteroatoms. The summed E-state index contributed by atoms with van der Waals surface area (Å²) in [5.41, 5.74) is 0. The van der Waals surface area contributed by atoms with E-state index in [0.717, 1.165) is 12.8 Å². The maximum atomic E-state index is 9.83. The number of rotatable bonds is 2. The summed E-state index contributed by atoms with van der Waals surface area (Å²) < 4.78 is 0. The Hall–Kier alpha value is -0.530. The van der Waals surface area contributed by atoms with Crippen molar-refractivity contribution in [3.63, 3.8) is 0 Å². The lowest BCUT2D eigenvalue weighted by Crippen LogP contribution is -1.92. The number of aliphatic carboxylic acids is 1. The average molecular weight is 99.1 g/mol. The lowest BCUT2D eigenvalue weighted by Gasteiger charge is -1.82. The van der Waals surface area contributed by atoms with Gasteiger partial charge in [-0.25, -0.2) is 0 Å². The topological polar surface area (TPSA) is 37.3 Å². The second-order valence-corrected chi connectivity index (χ2v) is 1.82. The Kier molecular flexibility index (Phi) is 1.01. The summed E-state index contributed by atoms with van der Waals surface area (Å²) in [5, 5.41) is 8.10. The number of hydrogen-bond donors (Lipinski definition) is 1. The van der Waals surface area contributed by atoms with E-state index in [-0.39, 0.29) is 0 Å². The van der Waals surface area contributed by atoms with Crippen molar-refractivity contribution in [1.29, 1.82) is 0 Å². The monoisotopic (exact) mass is 99.0 g/mol. The maximum Gasteiger partial charge on any atom is 0.303 e. The van der Waals surface area contributed by atoms with Crippen LogP contribution in [0.1, 0.15) is 19.3 Å². The van der Waals surface area contributed by atoms with Crippen LogP contribution in [0.4, 0.5) is 0 Å². The van der Waals surface area contributed by atoms with Crippen LogP contribution < -0.4 is 0 Å². The number of hydrogen-bond acceptors (Lipinski definition) is 1. The van der Waals surface area contributed by atoms with E-state index < -0.39 is 5.97 Å². The maximum absolute atomic E-state index is 9.83. The zero-order valence-electron chi connectivity index (χ0n) is 3.98. The molecule has 0 amide bonds. The Morgan fingerprint density at radius 2 is 2.29 bits per heavy atom. The van der Waals surface area contributed by atoms with Crippen molar-refractivity contribution in [2.75, 3.05) is 0 Å². The van der Waals surface area contributed by atoms with E-state index in [1.54, 1.807) is 0 Å². The van der Waals surface area contributed by atoms with Crippen LogP contribution in [-0.2, 0) is 4.79 Å². The Labute approximate surface area is 42.1 Å². The molecule has 2 nitrogen and oxygen atoms in total. The van der Waals surface area contributed by atoms with Crippen molar-refractivity contribution < 1.29 is 9.90 Å². The number of carbonyl (C=O) groups is 1. The highest BCUT2D eigenvalue weighted by atomic mass is 16.4. The second kappa shape index (κ2) is 1.52. The molecule has 0 aromatic rings. The fourth-order valence-electron chi connectivity index (χ4n) is 0.479. The minimum Gasteiger partial charge on any atom is -0.481 e. The molecule has 0 heterocycles. The summed E-state index contributed by atoms with van der Waals surface area (Å²) >= 11 is 0. The fraction of sp³-hybridized carbons (Fsp3) is 0.600. The zero-order chi connectivity index (χ0) is 5.28. The summed E-state index contributed by atoms with van der Waals surface area (Å²) in [5.74, 6) is 0.500. The van der Waals surface area contributed by atoms with Crippen molar-refractivity contribution in [1.82, 2.24) is 0 Å². The highest BCUT2D eigenvalue weighted by molar-refractivity contribution is 5.70. The molecule has 0 aromatic heterocycles. The van der Waals surface area contributed by atoms with Crippen molar-refractivity contribution in [3.8, 4) is 0 Å². The molecule has 7 heavy (non-hydrogen) atoms. The first-order chi connectivity index (χ1) is 3.29.